The van der Waals surface area contributed by atoms with Crippen molar-refractivity contribution in [2.24, 2.45) is 17.0 Å². The van der Waals surface area contributed by atoms with Crippen molar-refractivity contribution < 1.29 is 27.5 Å². The minimum absolute atomic E-state index is 0.0304. The van der Waals surface area contributed by atoms with E-state index < -0.39 is 28.2 Å². The Hall–Kier alpha value is -1.97. The SMILES string of the molecule is CC(C)CO[C@H]1C[C@H](CC(=O)Nc2ccc(S(N)(=O)=O)cc2)C(=O)O1. The maximum atomic E-state index is 12.1. The number of nitrogens with one attached hydrogen (secondary N) is 1. The second-order valence-corrected chi connectivity index (χ2v) is 7.91. The molecule has 9 heteroatoms. The van der Waals surface area contributed by atoms with Crippen LogP contribution >= 0.6 is 0 Å². The van der Waals surface area contributed by atoms with Crippen LogP contribution in [0.15, 0.2) is 29.2 Å². The van der Waals surface area contributed by atoms with Crippen LogP contribution in [0.3, 0.4) is 0 Å². The molecule has 0 bridgehead atoms. The Kier molecular flexibility index (Phi) is 6.15. The van der Waals surface area contributed by atoms with E-state index in [9.17, 15) is 18.0 Å². The van der Waals surface area contributed by atoms with Gasteiger partial charge in [-0.3, -0.25) is 9.59 Å². The summed E-state index contributed by atoms with van der Waals surface area (Å²) >= 11 is 0. The third-order valence-corrected chi connectivity index (χ3v) is 4.50. The van der Waals surface area contributed by atoms with Gasteiger partial charge in [-0.25, -0.2) is 13.6 Å². The number of rotatable bonds is 7. The molecule has 0 aromatic heterocycles. The summed E-state index contributed by atoms with van der Waals surface area (Å²) in [5, 5.41) is 7.62. The second kappa shape index (κ2) is 7.94. The smallest absolute Gasteiger partial charge is 0.312 e. The third kappa shape index (κ3) is 5.80. The zero-order chi connectivity index (χ0) is 18.6. The molecule has 8 nitrogen and oxygen atoms in total. The third-order valence-electron chi connectivity index (χ3n) is 3.57. The number of esters is 1. The van der Waals surface area contributed by atoms with E-state index >= 15 is 0 Å². The van der Waals surface area contributed by atoms with E-state index in [1.165, 1.54) is 24.3 Å². The summed E-state index contributed by atoms with van der Waals surface area (Å²) < 4.78 is 32.9. The zero-order valence-electron chi connectivity index (χ0n) is 14.1. The van der Waals surface area contributed by atoms with Gasteiger partial charge in [0.1, 0.15) is 0 Å². The van der Waals surface area contributed by atoms with Crippen LogP contribution in [0.5, 0.6) is 0 Å². The van der Waals surface area contributed by atoms with Crippen molar-refractivity contribution in [2.75, 3.05) is 11.9 Å². The number of ether oxygens (including phenoxy) is 2. The molecule has 0 unspecified atom stereocenters. The molecule has 0 radical (unpaired) electrons. The van der Waals surface area contributed by atoms with Gasteiger partial charge in [0.25, 0.3) is 0 Å². The molecule has 138 valence electrons. The number of benzene rings is 1. The molecule has 1 fully saturated rings. The molecular formula is C16H22N2O6S. The average Bonchev–Trinajstić information content (AvgIpc) is 2.85. The number of sulfonamides is 1. The molecule has 1 aromatic carbocycles. The predicted octanol–water partition coefficient (Wildman–Crippen LogP) is 1.22. The van der Waals surface area contributed by atoms with Crippen LogP contribution < -0.4 is 10.5 Å². The summed E-state index contributed by atoms with van der Waals surface area (Å²) in [4.78, 5) is 23.8. The molecule has 0 aliphatic carbocycles. The number of anilines is 1. The number of carbonyl (C=O) groups is 2. The summed E-state index contributed by atoms with van der Waals surface area (Å²) in [5.41, 5.74) is 0.413. The fourth-order valence-corrected chi connectivity index (χ4v) is 2.85. The van der Waals surface area contributed by atoms with Gasteiger partial charge in [-0.1, -0.05) is 13.8 Å². The normalized spacial score (nSPS) is 20.6. The van der Waals surface area contributed by atoms with Crippen LogP contribution in [0.1, 0.15) is 26.7 Å². The Labute approximate surface area is 146 Å². The molecular weight excluding hydrogens is 348 g/mol. The van der Waals surface area contributed by atoms with Crippen molar-refractivity contribution >= 4 is 27.6 Å². The minimum Gasteiger partial charge on any atom is -0.435 e. The largest absolute Gasteiger partial charge is 0.435 e. The molecule has 2 rings (SSSR count). The first kappa shape index (κ1) is 19.4. The quantitative estimate of drug-likeness (QED) is 0.695. The predicted molar refractivity (Wildman–Crippen MR) is 89.8 cm³/mol. The first-order valence-electron chi connectivity index (χ1n) is 7.90. The molecule has 25 heavy (non-hydrogen) atoms. The highest BCUT2D eigenvalue weighted by Crippen LogP contribution is 2.26. The Bertz CT molecular complexity index is 729. The highest BCUT2D eigenvalue weighted by Gasteiger charge is 2.36. The molecule has 0 spiro atoms. The monoisotopic (exact) mass is 370 g/mol. The maximum absolute atomic E-state index is 12.1. The highest BCUT2D eigenvalue weighted by molar-refractivity contribution is 7.89. The molecule has 1 aliphatic rings. The lowest BCUT2D eigenvalue weighted by Gasteiger charge is -2.12. The van der Waals surface area contributed by atoms with Crippen molar-refractivity contribution in [3.63, 3.8) is 0 Å². The topological polar surface area (TPSA) is 125 Å². The van der Waals surface area contributed by atoms with E-state index in [0.717, 1.165) is 0 Å². The molecule has 1 heterocycles. The Balaban J connectivity index is 1.87. The number of hydrogen-bond donors (Lipinski definition) is 2. The van der Waals surface area contributed by atoms with E-state index in [-0.39, 0.29) is 17.2 Å². The van der Waals surface area contributed by atoms with Crippen LogP contribution in [0, 0.1) is 11.8 Å². The van der Waals surface area contributed by atoms with Gasteiger partial charge in [0.2, 0.25) is 22.2 Å². The van der Waals surface area contributed by atoms with Crippen molar-refractivity contribution in [3.8, 4) is 0 Å². The van der Waals surface area contributed by atoms with Gasteiger partial charge in [-0.15, -0.1) is 0 Å². The number of amides is 1. The van der Waals surface area contributed by atoms with Gasteiger partial charge in [0.05, 0.1) is 17.4 Å². The lowest BCUT2D eigenvalue weighted by atomic mass is 10.0. The number of cyclic esters (lactones) is 1. The van der Waals surface area contributed by atoms with Crippen LogP contribution in [-0.2, 0) is 29.1 Å². The second-order valence-electron chi connectivity index (χ2n) is 6.35. The molecule has 3 N–H and O–H groups in total. The highest BCUT2D eigenvalue weighted by atomic mass is 32.2. The van der Waals surface area contributed by atoms with Crippen LogP contribution in [0.4, 0.5) is 5.69 Å². The molecule has 1 amide bonds. The van der Waals surface area contributed by atoms with Crippen LogP contribution in [0.25, 0.3) is 0 Å². The number of primary sulfonamides is 1. The average molecular weight is 370 g/mol. The fraction of sp³-hybridized carbons (Fsp3) is 0.500. The van der Waals surface area contributed by atoms with Gasteiger partial charge >= 0.3 is 5.97 Å². The van der Waals surface area contributed by atoms with E-state index in [1.807, 2.05) is 13.8 Å². The summed E-state index contributed by atoms with van der Waals surface area (Å²) in [6.07, 6.45) is -0.303. The van der Waals surface area contributed by atoms with Crippen molar-refractivity contribution in [1.82, 2.24) is 0 Å². The Morgan fingerprint density at radius 3 is 2.56 bits per heavy atom. The summed E-state index contributed by atoms with van der Waals surface area (Å²) in [7, 11) is -3.78. The van der Waals surface area contributed by atoms with E-state index in [0.29, 0.717) is 24.6 Å². The first-order chi connectivity index (χ1) is 11.6. The van der Waals surface area contributed by atoms with Gasteiger partial charge in [-0.2, -0.15) is 0 Å². The van der Waals surface area contributed by atoms with Crippen molar-refractivity contribution in [1.29, 1.82) is 0 Å². The summed E-state index contributed by atoms with van der Waals surface area (Å²) in [6, 6.07) is 5.45. The molecule has 0 saturated carbocycles. The van der Waals surface area contributed by atoms with Crippen LogP contribution in [-0.4, -0.2) is 33.2 Å². The summed E-state index contributed by atoms with van der Waals surface area (Å²) in [5.74, 6) is -1.05. The van der Waals surface area contributed by atoms with Crippen molar-refractivity contribution in [3.05, 3.63) is 24.3 Å². The number of carbonyl (C=O) groups excluding carboxylic acids is 2. The fourth-order valence-electron chi connectivity index (χ4n) is 2.33. The van der Waals surface area contributed by atoms with Gasteiger partial charge < -0.3 is 14.8 Å². The molecule has 1 aliphatic heterocycles. The van der Waals surface area contributed by atoms with Crippen LogP contribution in [0.2, 0.25) is 0 Å². The molecule has 1 aromatic rings. The van der Waals surface area contributed by atoms with E-state index in [1.54, 1.807) is 0 Å². The van der Waals surface area contributed by atoms with E-state index in [4.69, 9.17) is 14.6 Å². The Morgan fingerprint density at radius 1 is 1.36 bits per heavy atom. The maximum Gasteiger partial charge on any atom is 0.312 e. The summed E-state index contributed by atoms with van der Waals surface area (Å²) in [6.45, 7) is 4.46. The number of nitrogens with two attached hydrogens (primary N) is 1. The number of hydrogen-bond acceptors (Lipinski definition) is 6. The minimum atomic E-state index is -3.78. The first-order valence-corrected chi connectivity index (χ1v) is 9.44. The lowest BCUT2D eigenvalue weighted by molar-refractivity contribution is -0.165. The molecule has 1 saturated heterocycles. The lowest BCUT2D eigenvalue weighted by Crippen LogP contribution is -2.19. The zero-order valence-corrected chi connectivity index (χ0v) is 14.9. The Morgan fingerprint density at radius 2 is 2.00 bits per heavy atom. The van der Waals surface area contributed by atoms with Gasteiger partial charge in [-0.05, 0) is 30.2 Å². The van der Waals surface area contributed by atoms with E-state index in [2.05, 4.69) is 5.32 Å². The van der Waals surface area contributed by atoms with Gasteiger partial charge in [0, 0.05) is 18.5 Å². The van der Waals surface area contributed by atoms with Crippen molar-refractivity contribution in [2.45, 2.75) is 37.9 Å². The standard InChI is InChI=1S/C16H22N2O6S/c1-10(2)9-23-15-8-11(16(20)24-15)7-14(19)18-12-3-5-13(6-4-12)25(17,21)22/h3-6,10-11,15H,7-9H2,1-2H3,(H,18,19)(H2,17,21,22)/t11-,15+/m0/s1. The molecule has 2 atom stereocenters. The van der Waals surface area contributed by atoms with Gasteiger partial charge in [0.15, 0.2) is 0 Å².